The molecule has 1 saturated heterocycles. The van der Waals surface area contributed by atoms with Crippen molar-refractivity contribution >= 4 is 11.6 Å². The first-order chi connectivity index (χ1) is 10.7. The van der Waals surface area contributed by atoms with Crippen LogP contribution in [0.3, 0.4) is 0 Å². The molecule has 120 valence electrons. The van der Waals surface area contributed by atoms with Gasteiger partial charge in [0, 0.05) is 11.1 Å². The Bertz CT molecular complexity index is 538. The third-order valence-corrected chi connectivity index (χ3v) is 6.69. The molecular formula is C19H26ClNO. The molecule has 0 N–H and O–H groups in total. The van der Waals surface area contributed by atoms with Crippen molar-refractivity contribution in [3.63, 3.8) is 0 Å². The lowest BCUT2D eigenvalue weighted by atomic mass is 9.86. The summed E-state index contributed by atoms with van der Waals surface area (Å²) in [6.45, 7) is 2.48. The van der Waals surface area contributed by atoms with Crippen LogP contribution in [0.15, 0.2) is 18.2 Å². The maximum atomic E-state index is 6.43. The first kappa shape index (κ1) is 14.8. The van der Waals surface area contributed by atoms with E-state index < -0.39 is 0 Å². The predicted octanol–water partition coefficient (Wildman–Crippen LogP) is 4.72. The molecule has 2 saturated carbocycles. The van der Waals surface area contributed by atoms with Crippen LogP contribution in [0, 0.1) is 11.8 Å². The number of methoxy groups -OCH3 is 1. The van der Waals surface area contributed by atoms with Crippen molar-refractivity contribution in [2.75, 3.05) is 20.2 Å². The van der Waals surface area contributed by atoms with Gasteiger partial charge in [-0.25, -0.2) is 0 Å². The number of likely N-dealkylation sites (tertiary alicyclic amines) is 1. The van der Waals surface area contributed by atoms with Crippen molar-refractivity contribution in [1.82, 2.24) is 4.90 Å². The minimum atomic E-state index is 0.595. The van der Waals surface area contributed by atoms with Crippen molar-refractivity contribution in [2.24, 2.45) is 11.8 Å². The van der Waals surface area contributed by atoms with Gasteiger partial charge in [0.25, 0.3) is 0 Å². The number of benzene rings is 1. The summed E-state index contributed by atoms with van der Waals surface area (Å²) in [4.78, 5) is 2.79. The molecule has 3 aliphatic rings. The van der Waals surface area contributed by atoms with Crippen molar-refractivity contribution in [2.45, 2.75) is 50.5 Å². The Morgan fingerprint density at radius 2 is 1.91 bits per heavy atom. The summed E-state index contributed by atoms with van der Waals surface area (Å²) in [5.74, 6) is 3.56. The van der Waals surface area contributed by atoms with Gasteiger partial charge in [-0.1, -0.05) is 18.0 Å². The Hall–Kier alpha value is -0.730. The summed E-state index contributed by atoms with van der Waals surface area (Å²) in [6.07, 6.45) is 8.43. The molecule has 1 aliphatic heterocycles. The van der Waals surface area contributed by atoms with Gasteiger partial charge in [-0.2, -0.15) is 0 Å². The van der Waals surface area contributed by atoms with Crippen LogP contribution in [0.2, 0.25) is 5.02 Å². The van der Waals surface area contributed by atoms with Crippen molar-refractivity contribution < 1.29 is 4.74 Å². The number of halogens is 1. The summed E-state index contributed by atoms with van der Waals surface area (Å²) < 4.78 is 5.37. The van der Waals surface area contributed by atoms with E-state index in [2.05, 4.69) is 11.0 Å². The van der Waals surface area contributed by atoms with Gasteiger partial charge in [0.15, 0.2) is 0 Å². The van der Waals surface area contributed by atoms with Crippen LogP contribution in [0.1, 0.15) is 50.0 Å². The molecule has 1 aromatic carbocycles. The minimum absolute atomic E-state index is 0.595. The minimum Gasteiger partial charge on any atom is -0.497 e. The van der Waals surface area contributed by atoms with Gasteiger partial charge >= 0.3 is 0 Å². The van der Waals surface area contributed by atoms with Crippen molar-refractivity contribution in [3.8, 4) is 5.75 Å². The SMILES string of the molecule is COc1ccc(Cl)c(C2CCN(C3C[C@H]4CCC3C4)CC2)c1. The summed E-state index contributed by atoms with van der Waals surface area (Å²) >= 11 is 6.43. The van der Waals surface area contributed by atoms with E-state index in [1.165, 1.54) is 57.2 Å². The summed E-state index contributed by atoms with van der Waals surface area (Å²) in [5, 5.41) is 0.902. The number of nitrogens with zero attached hydrogens (tertiary/aromatic N) is 1. The number of fused-ring (bicyclic) bond motifs is 2. The summed E-state index contributed by atoms with van der Waals surface area (Å²) in [5.41, 5.74) is 1.29. The molecule has 1 aromatic rings. The molecule has 2 aliphatic carbocycles. The van der Waals surface area contributed by atoms with Crippen LogP contribution in [0.4, 0.5) is 0 Å². The summed E-state index contributed by atoms with van der Waals surface area (Å²) in [6, 6.07) is 6.97. The second-order valence-corrected chi connectivity index (χ2v) is 7.85. The lowest BCUT2D eigenvalue weighted by Crippen LogP contribution is -2.43. The van der Waals surface area contributed by atoms with E-state index in [1.54, 1.807) is 7.11 Å². The average Bonchev–Trinajstić information content (AvgIpc) is 3.19. The first-order valence-electron chi connectivity index (χ1n) is 8.82. The van der Waals surface area contributed by atoms with Gasteiger partial charge in [0.2, 0.25) is 0 Å². The van der Waals surface area contributed by atoms with Gasteiger partial charge in [-0.05, 0) is 86.7 Å². The molecule has 22 heavy (non-hydrogen) atoms. The molecule has 0 radical (unpaired) electrons. The van der Waals surface area contributed by atoms with Crippen LogP contribution in [0.5, 0.6) is 5.75 Å². The lowest BCUT2D eigenvalue weighted by Gasteiger charge is -2.40. The zero-order valence-electron chi connectivity index (χ0n) is 13.4. The van der Waals surface area contributed by atoms with E-state index in [0.29, 0.717) is 5.92 Å². The molecule has 2 nitrogen and oxygen atoms in total. The fourth-order valence-corrected chi connectivity index (χ4v) is 5.43. The normalized spacial score (nSPS) is 32.5. The topological polar surface area (TPSA) is 12.5 Å². The fraction of sp³-hybridized carbons (Fsp3) is 0.684. The van der Waals surface area contributed by atoms with E-state index in [9.17, 15) is 0 Å². The van der Waals surface area contributed by atoms with Crippen LogP contribution in [-0.4, -0.2) is 31.1 Å². The molecule has 2 unspecified atom stereocenters. The highest BCUT2D eigenvalue weighted by molar-refractivity contribution is 6.31. The van der Waals surface area contributed by atoms with Crippen molar-refractivity contribution in [1.29, 1.82) is 0 Å². The highest BCUT2D eigenvalue weighted by atomic mass is 35.5. The van der Waals surface area contributed by atoms with E-state index in [4.69, 9.17) is 16.3 Å². The second-order valence-electron chi connectivity index (χ2n) is 7.44. The fourth-order valence-electron chi connectivity index (χ4n) is 5.16. The van der Waals surface area contributed by atoms with Gasteiger partial charge in [-0.15, -0.1) is 0 Å². The van der Waals surface area contributed by atoms with Gasteiger partial charge in [0.1, 0.15) is 5.75 Å². The number of piperidine rings is 1. The molecule has 0 aromatic heterocycles. The quantitative estimate of drug-likeness (QED) is 0.799. The van der Waals surface area contributed by atoms with E-state index in [-0.39, 0.29) is 0 Å². The summed E-state index contributed by atoms with van der Waals surface area (Å²) in [7, 11) is 1.73. The standard InChI is InChI=1S/C19H26ClNO/c1-22-16-4-5-18(20)17(12-16)14-6-8-21(9-7-14)19-11-13-2-3-15(19)10-13/h4-5,12-15,19H,2-3,6-11H2,1H3/t13-,15?,19?/m0/s1. The van der Waals surface area contributed by atoms with E-state index >= 15 is 0 Å². The Morgan fingerprint density at radius 1 is 1.09 bits per heavy atom. The average molecular weight is 320 g/mol. The Labute approximate surface area is 138 Å². The monoisotopic (exact) mass is 319 g/mol. The number of hydrogen-bond acceptors (Lipinski definition) is 2. The molecule has 3 fully saturated rings. The molecule has 4 rings (SSSR count). The smallest absolute Gasteiger partial charge is 0.119 e. The van der Waals surface area contributed by atoms with Crippen LogP contribution >= 0.6 is 11.6 Å². The molecule has 1 heterocycles. The van der Waals surface area contributed by atoms with Crippen LogP contribution in [0.25, 0.3) is 0 Å². The number of hydrogen-bond donors (Lipinski definition) is 0. The number of rotatable bonds is 3. The van der Waals surface area contributed by atoms with Crippen LogP contribution < -0.4 is 4.74 Å². The Balaban J connectivity index is 1.41. The molecule has 2 bridgehead atoms. The van der Waals surface area contributed by atoms with Gasteiger partial charge in [0.05, 0.1) is 7.11 Å². The third-order valence-electron chi connectivity index (χ3n) is 6.34. The molecule has 3 atom stereocenters. The second kappa shape index (κ2) is 6.05. The van der Waals surface area contributed by atoms with Gasteiger partial charge < -0.3 is 9.64 Å². The lowest BCUT2D eigenvalue weighted by molar-refractivity contribution is 0.111. The number of ether oxygens (including phenoxy) is 1. The van der Waals surface area contributed by atoms with Gasteiger partial charge in [-0.3, -0.25) is 0 Å². The highest BCUT2D eigenvalue weighted by Gasteiger charge is 2.42. The zero-order valence-corrected chi connectivity index (χ0v) is 14.2. The predicted molar refractivity (Wildman–Crippen MR) is 90.8 cm³/mol. The third kappa shape index (κ3) is 2.65. The molecular weight excluding hydrogens is 294 g/mol. The van der Waals surface area contributed by atoms with E-state index in [0.717, 1.165) is 28.6 Å². The van der Waals surface area contributed by atoms with Crippen molar-refractivity contribution in [3.05, 3.63) is 28.8 Å². The van der Waals surface area contributed by atoms with E-state index in [1.807, 2.05) is 12.1 Å². The molecule has 3 heteroatoms. The molecule has 0 amide bonds. The van der Waals surface area contributed by atoms with Crippen LogP contribution in [-0.2, 0) is 0 Å². The highest BCUT2D eigenvalue weighted by Crippen LogP contribution is 2.47. The largest absolute Gasteiger partial charge is 0.497 e. The Kier molecular flexibility index (Phi) is 4.08. The molecule has 0 spiro atoms. The maximum absolute atomic E-state index is 6.43. The first-order valence-corrected chi connectivity index (χ1v) is 9.20. The maximum Gasteiger partial charge on any atom is 0.119 e. The Morgan fingerprint density at radius 3 is 2.55 bits per heavy atom. The zero-order chi connectivity index (χ0) is 15.1.